The van der Waals surface area contributed by atoms with E-state index in [1.165, 1.54) is 11.3 Å². The van der Waals surface area contributed by atoms with Gasteiger partial charge in [0.25, 0.3) is 5.91 Å². The standard InChI is InChI=1S/C13H14N4OS/c1-2-10-11(19-13(14)16-10)12(18)17-15-8-9-6-4-3-5-7-9/h3-8H,2H2,1H3,(H2,14,16)(H,17,18)/b15-8+. The zero-order valence-corrected chi connectivity index (χ0v) is 11.3. The molecular weight excluding hydrogens is 260 g/mol. The monoisotopic (exact) mass is 274 g/mol. The predicted octanol–water partition coefficient (Wildman–Crippen LogP) is 2.05. The van der Waals surface area contributed by atoms with Crippen LogP contribution in [-0.2, 0) is 6.42 Å². The Hall–Kier alpha value is -2.21. The number of benzene rings is 1. The van der Waals surface area contributed by atoms with Gasteiger partial charge in [0.2, 0.25) is 0 Å². The molecule has 1 aromatic carbocycles. The van der Waals surface area contributed by atoms with Crippen LogP contribution in [0.3, 0.4) is 0 Å². The van der Waals surface area contributed by atoms with Gasteiger partial charge in [0.05, 0.1) is 11.9 Å². The summed E-state index contributed by atoms with van der Waals surface area (Å²) < 4.78 is 0. The molecule has 3 N–H and O–H groups in total. The number of anilines is 1. The summed E-state index contributed by atoms with van der Waals surface area (Å²) >= 11 is 1.17. The number of aromatic nitrogens is 1. The van der Waals surface area contributed by atoms with E-state index in [4.69, 9.17) is 5.73 Å². The lowest BCUT2D eigenvalue weighted by Crippen LogP contribution is -2.17. The predicted molar refractivity (Wildman–Crippen MR) is 77.4 cm³/mol. The van der Waals surface area contributed by atoms with Crippen molar-refractivity contribution in [2.75, 3.05) is 5.73 Å². The van der Waals surface area contributed by atoms with Crippen LogP contribution >= 0.6 is 11.3 Å². The van der Waals surface area contributed by atoms with Crippen molar-refractivity contribution >= 4 is 28.6 Å². The van der Waals surface area contributed by atoms with Crippen molar-refractivity contribution in [1.82, 2.24) is 10.4 Å². The quantitative estimate of drug-likeness (QED) is 0.661. The molecule has 0 saturated heterocycles. The number of amides is 1. The Morgan fingerprint density at radius 3 is 2.89 bits per heavy atom. The molecule has 1 amide bonds. The van der Waals surface area contributed by atoms with Crippen LogP contribution in [0.5, 0.6) is 0 Å². The second-order valence-electron chi connectivity index (χ2n) is 3.79. The molecule has 6 heteroatoms. The minimum Gasteiger partial charge on any atom is -0.375 e. The Labute approximate surface area is 115 Å². The summed E-state index contributed by atoms with van der Waals surface area (Å²) in [4.78, 5) is 16.5. The number of thiazole rings is 1. The third kappa shape index (κ3) is 3.38. The van der Waals surface area contributed by atoms with Gasteiger partial charge in [-0.1, -0.05) is 48.6 Å². The number of hydrazone groups is 1. The molecule has 0 unspecified atom stereocenters. The van der Waals surface area contributed by atoms with Crippen molar-refractivity contribution in [3.8, 4) is 0 Å². The smallest absolute Gasteiger partial charge is 0.283 e. The number of hydrogen-bond acceptors (Lipinski definition) is 5. The van der Waals surface area contributed by atoms with Crippen LogP contribution in [-0.4, -0.2) is 17.1 Å². The largest absolute Gasteiger partial charge is 0.375 e. The van der Waals surface area contributed by atoms with Crippen molar-refractivity contribution in [2.24, 2.45) is 5.10 Å². The van der Waals surface area contributed by atoms with E-state index in [1.54, 1.807) is 6.21 Å². The van der Waals surface area contributed by atoms with Crippen LogP contribution in [0.1, 0.15) is 27.9 Å². The van der Waals surface area contributed by atoms with Crippen molar-refractivity contribution < 1.29 is 4.79 Å². The third-order valence-electron chi connectivity index (χ3n) is 2.43. The number of hydrogen-bond donors (Lipinski definition) is 2. The van der Waals surface area contributed by atoms with Gasteiger partial charge in [-0.25, -0.2) is 10.4 Å². The highest BCUT2D eigenvalue weighted by Gasteiger charge is 2.15. The highest BCUT2D eigenvalue weighted by atomic mass is 32.1. The lowest BCUT2D eigenvalue weighted by molar-refractivity contribution is 0.0958. The van der Waals surface area contributed by atoms with E-state index in [0.717, 1.165) is 5.56 Å². The fourth-order valence-corrected chi connectivity index (χ4v) is 2.35. The minimum atomic E-state index is -0.279. The maximum atomic E-state index is 11.9. The van der Waals surface area contributed by atoms with Crippen LogP contribution in [0.15, 0.2) is 35.4 Å². The average molecular weight is 274 g/mol. The maximum Gasteiger partial charge on any atom is 0.283 e. The molecule has 0 bridgehead atoms. The van der Waals surface area contributed by atoms with Crippen molar-refractivity contribution in [2.45, 2.75) is 13.3 Å². The SMILES string of the molecule is CCc1nc(N)sc1C(=O)N/N=C/c1ccccc1. The molecule has 1 aromatic heterocycles. The maximum absolute atomic E-state index is 11.9. The molecule has 5 nitrogen and oxygen atoms in total. The molecule has 0 saturated carbocycles. The Balaban J connectivity index is 2.03. The summed E-state index contributed by atoms with van der Waals surface area (Å²) in [7, 11) is 0. The number of aryl methyl sites for hydroxylation is 1. The number of nitrogens with zero attached hydrogens (tertiary/aromatic N) is 2. The van der Waals surface area contributed by atoms with E-state index in [1.807, 2.05) is 37.3 Å². The Kier molecular flexibility index (Phi) is 4.25. The van der Waals surface area contributed by atoms with Gasteiger partial charge in [-0.15, -0.1) is 0 Å². The Morgan fingerprint density at radius 1 is 1.47 bits per heavy atom. The molecule has 19 heavy (non-hydrogen) atoms. The summed E-state index contributed by atoms with van der Waals surface area (Å²) in [6.45, 7) is 1.93. The lowest BCUT2D eigenvalue weighted by Gasteiger charge is -1.98. The van der Waals surface area contributed by atoms with Gasteiger partial charge >= 0.3 is 0 Å². The summed E-state index contributed by atoms with van der Waals surface area (Å²) in [5.41, 5.74) is 9.70. The van der Waals surface area contributed by atoms with Crippen LogP contribution in [0.2, 0.25) is 0 Å². The van der Waals surface area contributed by atoms with Gasteiger partial charge in [0, 0.05) is 0 Å². The van der Waals surface area contributed by atoms with E-state index in [2.05, 4.69) is 15.5 Å². The molecular formula is C13H14N4OS. The van der Waals surface area contributed by atoms with Gasteiger partial charge in [0.1, 0.15) is 4.88 Å². The van der Waals surface area contributed by atoms with Crippen LogP contribution < -0.4 is 11.2 Å². The molecule has 2 aromatic rings. The van der Waals surface area contributed by atoms with Crippen LogP contribution in [0.25, 0.3) is 0 Å². The fourth-order valence-electron chi connectivity index (χ4n) is 1.54. The first-order valence-electron chi connectivity index (χ1n) is 5.84. The number of nitrogens with two attached hydrogens (primary N) is 1. The summed E-state index contributed by atoms with van der Waals surface area (Å²) in [6, 6.07) is 9.53. The zero-order chi connectivity index (χ0) is 13.7. The minimum absolute atomic E-state index is 0.279. The highest BCUT2D eigenvalue weighted by molar-refractivity contribution is 7.17. The van der Waals surface area contributed by atoms with E-state index in [-0.39, 0.29) is 5.91 Å². The van der Waals surface area contributed by atoms with E-state index >= 15 is 0 Å². The second-order valence-corrected chi connectivity index (χ2v) is 4.82. The van der Waals surface area contributed by atoms with Gasteiger partial charge in [-0.3, -0.25) is 4.79 Å². The molecule has 1 heterocycles. The van der Waals surface area contributed by atoms with E-state index < -0.39 is 0 Å². The molecule has 98 valence electrons. The fraction of sp³-hybridized carbons (Fsp3) is 0.154. The Morgan fingerprint density at radius 2 is 2.21 bits per heavy atom. The zero-order valence-electron chi connectivity index (χ0n) is 10.5. The first kappa shape index (κ1) is 13.2. The number of carbonyl (C=O) groups excluding carboxylic acids is 1. The number of rotatable bonds is 4. The molecule has 0 aliphatic heterocycles. The van der Waals surface area contributed by atoms with Crippen molar-refractivity contribution in [1.29, 1.82) is 0 Å². The van der Waals surface area contributed by atoms with E-state index in [9.17, 15) is 4.79 Å². The topological polar surface area (TPSA) is 80.4 Å². The first-order valence-corrected chi connectivity index (χ1v) is 6.66. The van der Waals surface area contributed by atoms with Gasteiger partial charge in [-0.05, 0) is 12.0 Å². The highest BCUT2D eigenvalue weighted by Crippen LogP contribution is 2.20. The third-order valence-corrected chi connectivity index (χ3v) is 3.36. The molecule has 0 radical (unpaired) electrons. The average Bonchev–Trinajstić information content (AvgIpc) is 2.81. The van der Waals surface area contributed by atoms with Gasteiger partial charge in [-0.2, -0.15) is 5.10 Å². The number of nitrogens with one attached hydrogen (secondary N) is 1. The van der Waals surface area contributed by atoms with Gasteiger partial charge < -0.3 is 5.73 Å². The lowest BCUT2D eigenvalue weighted by atomic mass is 10.2. The number of nitrogen functional groups attached to an aromatic ring is 1. The summed E-state index contributed by atoms with van der Waals surface area (Å²) in [5.74, 6) is -0.279. The van der Waals surface area contributed by atoms with Crippen molar-refractivity contribution in [3.05, 3.63) is 46.5 Å². The molecule has 0 aliphatic carbocycles. The van der Waals surface area contributed by atoms with Crippen molar-refractivity contribution in [3.63, 3.8) is 0 Å². The Bertz CT molecular complexity index is 592. The second kappa shape index (κ2) is 6.10. The summed E-state index contributed by atoms with van der Waals surface area (Å²) in [5, 5.41) is 4.31. The molecule has 0 spiro atoms. The normalized spacial score (nSPS) is 10.8. The summed E-state index contributed by atoms with van der Waals surface area (Å²) in [6.07, 6.45) is 2.26. The van der Waals surface area contributed by atoms with E-state index in [0.29, 0.717) is 22.1 Å². The molecule has 0 fully saturated rings. The van der Waals surface area contributed by atoms with Crippen LogP contribution in [0, 0.1) is 0 Å². The molecule has 2 rings (SSSR count). The number of carbonyl (C=O) groups is 1. The van der Waals surface area contributed by atoms with Gasteiger partial charge in [0.15, 0.2) is 5.13 Å². The molecule has 0 aliphatic rings. The molecule has 0 atom stereocenters. The first-order chi connectivity index (χ1) is 9.20. The van der Waals surface area contributed by atoms with Crippen LogP contribution in [0.4, 0.5) is 5.13 Å².